The third-order valence-corrected chi connectivity index (χ3v) is 3.64. The Labute approximate surface area is 179 Å². The topological polar surface area (TPSA) is 73.8 Å². The molecule has 0 bridgehead atoms. The van der Waals surface area contributed by atoms with Crippen LogP contribution in [0.15, 0.2) is 18.2 Å². The Morgan fingerprint density at radius 1 is 0.733 bits per heavy atom. The van der Waals surface area contributed by atoms with Crippen LogP contribution in [0.25, 0.3) is 5.76 Å². The molecule has 0 saturated heterocycles. The molecule has 2 radical (unpaired) electrons. The molecular weight excluding hydrogens is 392 g/mol. The summed E-state index contributed by atoms with van der Waals surface area (Å²) in [6.45, 7) is 11.9. The molecule has 0 fully saturated rings. The third kappa shape index (κ3) is 14.3. The molecule has 1 aromatic carbocycles. The summed E-state index contributed by atoms with van der Waals surface area (Å²) in [7, 11) is 3.27. The number of benzene rings is 1. The molecule has 0 saturated carbocycles. The molecule has 0 aromatic heterocycles. The minimum atomic E-state index is 0.304. The molecule has 0 spiro atoms. The highest BCUT2D eigenvalue weighted by molar-refractivity contribution is 5.57. The highest BCUT2D eigenvalue weighted by Gasteiger charge is 2.03. The molecule has 1 rings (SSSR count). The van der Waals surface area contributed by atoms with E-state index in [2.05, 4.69) is 6.07 Å². The zero-order valence-corrected chi connectivity index (χ0v) is 18.1. The van der Waals surface area contributed by atoms with Crippen LogP contribution >= 0.6 is 0 Å². The Morgan fingerprint density at radius 2 is 1.23 bits per heavy atom. The number of hydrogen-bond acceptors (Lipinski definition) is 8. The maximum Gasteiger partial charge on any atom is 0.128 e. The van der Waals surface area contributed by atoms with Crippen LogP contribution in [0.5, 0.6) is 5.75 Å². The van der Waals surface area contributed by atoms with Crippen molar-refractivity contribution in [1.82, 2.24) is 0 Å². The third-order valence-electron chi connectivity index (χ3n) is 3.64. The lowest BCUT2D eigenvalue weighted by Crippen LogP contribution is -2.12. The average Bonchev–Trinajstić information content (AvgIpc) is 2.77. The van der Waals surface area contributed by atoms with Crippen LogP contribution in [0.2, 0.25) is 0 Å². The molecule has 170 valence electrons. The van der Waals surface area contributed by atoms with Crippen molar-refractivity contribution in [1.29, 1.82) is 0 Å². The molecule has 0 aliphatic carbocycles. The van der Waals surface area contributed by atoms with Crippen LogP contribution < -0.4 is 4.74 Å². The van der Waals surface area contributed by atoms with E-state index in [1.165, 1.54) is 0 Å². The second-order valence-electron chi connectivity index (χ2n) is 5.94. The second kappa shape index (κ2) is 19.3. The summed E-state index contributed by atoms with van der Waals surface area (Å²) in [4.78, 5) is 0. The van der Waals surface area contributed by atoms with Gasteiger partial charge >= 0.3 is 0 Å². The Balaban J connectivity index is 2.09. The van der Waals surface area contributed by atoms with Crippen LogP contribution in [0.1, 0.15) is 5.56 Å². The van der Waals surface area contributed by atoms with Gasteiger partial charge < -0.3 is 37.9 Å². The van der Waals surface area contributed by atoms with Crippen LogP contribution in [-0.4, -0.2) is 93.5 Å². The van der Waals surface area contributed by atoms with Gasteiger partial charge in [0, 0.05) is 25.8 Å². The zero-order valence-electron chi connectivity index (χ0n) is 18.1. The van der Waals surface area contributed by atoms with Gasteiger partial charge in [-0.1, -0.05) is 6.07 Å². The van der Waals surface area contributed by atoms with Crippen molar-refractivity contribution in [2.75, 3.05) is 93.5 Å². The van der Waals surface area contributed by atoms with Crippen molar-refractivity contribution >= 4 is 5.76 Å². The smallest absolute Gasteiger partial charge is 0.128 e. The first-order chi connectivity index (χ1) is 14.8. The van der Waals surface area contributed by atoms with Crippen molar-refractivity contribution in [3.8, 4) is 5.75 Å². The number of methoxy groups -OCH3 is 2. The SMILES string of the molecule is [CH]=C(OCCOCCOCCOC)c1cc[c]c(OCCOCCOCCOC)c1. The van der Waals surface area contributed by atoms with E-state index in [-0.39, 0.29) is 0 Å². The number of ether oxygens (including phenoxy) is 8. The van der Waals surface area contributed by atoms with E-state index < -0.39 is 0 Å². The predicted octanol–water partition coefficient (Wildman–Crippen LogP) is 2.02. The summed E-state index contributed by atoms with van der Waals surface area (Å²) in [6.07, 6.45) is 0. The molecule has 0 aliphatic heterocycles. The number of hydrogen-bond donors (Lipinski definition) is 0. The Kier molecular flexibility index (Phi) is 16.9. The van der Waals surface area contributed by atoms with Crippen LogP contribution in [0.4, 0.5) is 0 Å². The maximum absolute atomic E-state index is 5.99. The molecule has 0 atom stereocenters. The number of rotatable bonds is 21. The quantitative estimate of drug-likeness (QED) is 0.218. The fourth-order valence-corrected chi connectivity index (χ4v) is 2.11. The largest absolute Gasteiger partial charge is 0.491 e. The van der Waals surface area contributed by atoms with Gasteiger partial charge in [-0.2, -0.15) is 0 Å². The summed E-state index contributed by atoms with van der Waals surface area (Å²) in [6, 6.07) is 8.32. The lowest BCUT2D eigenvalue weighted by molar-refractivity contribution is 0.0158. The highest BCUT2D eigenvalue weighted by atomic mass is 16.6. The van der Waals surface area contributed by atoms with Crippen molar-refractivity contribution < 1.29 is 37.9 Å². The van der Waals surface area contributed by atoms with Gasteiger partial charge in [0.1, 0.15) is 24.7 Å². The van der Waals surface area contributed by atoms with Crippen molar-refractivity contribution in [2.24, 2.45) is 0 Å². The lowest BCUT2D eigenvalue weighted by Gasteiger charge is -2.12. The standard InChI is InChI=1S/C22H34O8/c1-20(29-17-15-27-13-11-25-9-7-23-2)21-5-4-6-22(19-21)30-18-16-28-14-12-26-10-8-24-3/h1,4-5,19H,7-18H2,2-3H3. The van der Waals surface area contributed by atoms with E-state index in [0.29, 0.717) is 90.8 Å². The summed E-state index contributed by atoms with van der Waals surface area (Å²) >= 11 is 0. The molecule has 1 aromatic rings. The van der Waals surface area contributed by atoms with Crippen molar-refractivity contribution in [3.63, 3.8) is 0 Å². The minimum absolute atomic E-state index is 0.304. The zero-order chi connectivity index (χ0) is 21.7. The summed E-state index contributed by atoms with van der Waals surface area (Å²) in [5.41, 5.74) is 0.721. The molecule has 0 aliphatic rings. The monoisotopic (exact) mass is 426 g/mol. The van der Waals surface area contributed by atoms with E-state index in [0.717, 1.165) is 5.56 Å². The Morgan fingerprint density at radius 3 is 1.80 bits per heavy atom. The van der Waals surface area contributed by atoms with E-state index in [1.807, 2.05) is 0 Å². The van der Waals surface area contributed by atoms with Gasteiger partial charge in [0.2, 0.25) is 0 Å². The molecule has 30 heavy (non-hydrogen) atoms. The summed E-state index contributed by atoms with van der Waals surface area (Å²) in [5, 5.41) is 0. The molecule has 0 heterocycles. The first kappa shape index (κ1) is 26.4. The van der Waals surface area contributed by atoms with Crippen LogP contribution in [-0.2, 0) is 33.2 Å². The van der Waals surface area contributed by atoms with E-state index in [9.17, 15) is 0 Å². The van der Waals surface area contributed by atoms with E-state index in [1.54, 1.807) is 32.4 Å². The second-order valence-corrected chi connectivity index (χ2v) is 5.94. The molecule has 0 N–H and O–H groups in total. The molecule has 0 amide bonds. The van der Waals surface area contributed by atoms with Gasteiger partial charge in [-0.25, -0.2) is 0 Å². The maximum atomic E-state index is 5.99. The van der Waals surface area contributed by atoms with Gasteiger partial charge in [-0.05, 0) is 18.7 Å². The fourth-order valence-electron chi connectivity index (χ4n) is 2.11. The van der Waals surface area contributed by atoms with Crippen LogP contribution in [0.3, 0.4) is 0 Å². The van der Waals surface area contributed by atoms with Crippen molar-refractivity contribution in [3.05, 3.63) is 36.4 Å². The van der Waals surface area contributed by atoms with E-state index in [4.69, 9.17) is 44.5 Å². The summed E-state index contributed by atoms with van der Waals surface area (Å²) in [5.74, 6) is 0.877. The normalized spacial score (nSPS) is 10.9. The van der Waals surface area contributed by atoms with Gasteiger partial charge in [0.25, 0.3) is 0 Å². The fraction of sp³-hybridized carbons (Fsp3) is 0.636. The van der Waals surface area contributed by atoms with Crippen LogP contribution in [0, 0.1) is 12.6 Å². The minimum Gasteiger partial charge on any atom is -0.491 e. The highest BCUT2D eigenvalue weighted by Crippen LogP contribution is 2.19. The molecule has 8 heteroatoms. The Hall–Kier alpha value is -1.68. The van der Waals surface area contributed by atoms with Gasteiger partial charge in [0.15, 0.2) is 0 Å². The Bertz CT molecular complexity index is 538. The van der Waals surface area contributed by atoms with Gasteiger partial charge in [0.05, 0.1) is 66.1 Å². The molecule has 8 nitrogen and oxygen atoms in total. The predicted molar refractivity (Wildman–Crippen MR) is 111 cm³/mol. The van der Waals surface area contributed by atoms with Gasteiger partial charge in [-0.15, -0.1) is 0 Å². The van der Waals surface area contributed by atoms with Crippen molar-refractivity contribution in [2.45, 2.75) is 0 Å². The molecule has 0 unspecified atom stereocenters. The lowest BCUT2D eigenvalue weighted by atomic mass is 10.2. The van der Waals surface area contributed by atoms with Gasteiger partial charge in [-0.3, -0.25) is 0 Å². The first-order valence-electron chi connectivity index (χ1n) is 9.97. The summed E-state index contributed by atoms with van der Waals surface area (Å²) < 4.78 is 42.4. The first-order valence-corrected chi connectivity index (χ1v) is 9.97. The average molecular weight is 427 g/mol. The molecular formula is C22H34O8. The van der Waals surface area contributed by atoms with E-state index >= 15 is 0 Å².